The van der Waals surface area contributed by atoms with Gasteiger partial charge >= 0.3 is 0 Å². The second-order valence-electron chi connectivity index (χ2n) is 3.23. The molecule has 1 aliphatic rings. The third kappa shape index (κ3) is 1.70. The zero-order valence-corrected chi connectivity index (χ0v) is 7.46. The lowest BCUT2D eigenvalue weighted by Gasteiger charge is -2.16. The highest BCUT2D eigenvalue weighted by atomic mass is 15.1. The van der Waals surface area contributed by atoms with Crippen LogP contribution in [0.2, 0.25) is 0 Å². The molecule has 3 N–H and O–H groups in total. The molecule has 0 bridgehead atoms. The number of nitrogens with two attached hydrogens (primary N) is 1. The molecule has 2 rings (SSSR count). The maximum atomic E-state index is 5.09. The number of rotatable bonds is 1. The van der Waals surface area contributed by atoms with Gasteiger partial charge in [-0.05, 0) is 35.7 Å². The average Bonchev–Trinajstić information content (AvgIpc) is 2.18. The van der Waals surface area contributed by atoms with Gasteiger partial charge in [-0.3, -0.25) is 0 Å². The summed E-state index contributed by atoms with van der Waals surface area (Å²) in [5, 5.41) is 6.85. The van der Waals surface area contributed by atoms with Gasteiger partial charge in [0, 0.05) is 6.54 Å². The largest absolute Gasteiger partial charge is 0.323 e. The Morgan fingerprint density at radius 2 is 2.31 bits per heavy atom. The van der Waals surface area contributed by atoms with E-state index in [2.05, 4.69) is 22.6 Å². The van der Waals surface area contributed by atoms with Crippen LogP contribution in [0.3, 0.4) is 0 Å². The van der Waals surface area contributed by atoms with Crippen LogP contribution < -0.4 is 11.2 Å². The van der Waals surface area contributed by atoms with Crippen LogP contribution in [0.4, 0.5) is 0 Å². The summed E-state index contributed by atoms with van der Waals surface area (Å²) in [5.41, 5.74) is 3.89. The van der Waals surface area contributed by atoms with E-state index in [9.17, 15) is 0 Å². The van der Waals surface area contributed by atoms with Gasteiger partial charge in [0.25, 0.3) is 0 Å². The number of nitrogens with one attached hydrogen (secondary N) is 1. The zero-order chi connectivity index (χ0) is 9.10. The molecule has 0 amide bonds. The Balaban J connectivity index is 2.35. The van der Waals surface area contributed by atoms with E-state index in [1.54, 1.807) is 6.21 Å². The Morgan fingerprint density at radius 1 is 1.38 bits per heavy atom. The first-order valence-electron chi connectivity index (χ1n) is 4.46. The molecule has 3 nitrogen and oxygen atoms in total. The van der Waals surface area contributed by atoms with Crippen LogP contribution in [0.1, 0.15) is 16.7 Å². The van der Waals surface area contributed by atoms with Crippen molar-refractivity contribution < 1.29 is 0 Å². The van der Waals surface area contributed by atoms with Gasteiger partial charge in [0.05, 0.1) is 6.21 Å². The first-order valence-corrected chi connectivity index (χ1v) is 4.46. The van der Waals surface area contributed by atoms with Crippen molar-refractivity contribution in [1.82, 2.24) is 5.32 Å². The summed E-state index contributed by atoms with van der Waals surface area (Å²) < 4.78 is 0. The van der Waals surface area contributed by atoms with Crippen molar-refractivity contribution >= 4 is 6.21 Å². The molecule has 0 unspecified atom stereocenters. The minimum Gasteiger partial charge on any atom is -0.323 e. The summed E-state index contributed by atoms with van der Waals surface area (Å²) in [4.78, 5) is 0. The quantitative estimate of drug-likeness (QED) is 0.373. The molecule has 0 aliphatic carbocycles. The lowest BCUT2D eigenvalue weighted by atomic mass is 9.99. The van der Waals surface area contributed by atoms with Gasteiger partial charge in [-0.1, -0.05) is 12.1 Å². The van der Waals surface area contributed by atoms with Gasteiger partial charge in [0.15, 0.2) is 0 Å². The van der Waals surface area contributed by atoms with Gasteiger partial charge in [-0.2, -0.15) is 5.10 Å². The van der Waals surface area contributed by atoms with Gasteiger partial charge < -0.3 is 11.2 Å². The highest BCUT2D eigenvalue weighted by molar-refractivity contribution is 5.79. The summed E-state index contributed by atoms with van der Waals surface area (Å²) in [6.45, 7) is 2.05. The van der Waals surface area contributed by atoms with E-state index in [-0.39, 0.29) is 0 Å². The number of benzene rings is 1. The summed E-state index contributed by atoms with van der Waals surface area (Å²) in [7, 11) is 0. The fourth-order valence-corrected chi connectivity index (χ4v) is 1.66. The van der Waals surface area contributed by atoms with Crippen LogP contribution in [-0.4, -0.2) is 12.8 Å². The Hall–Kier alpha value is -1.35. The van der Waals surface area contributed by atoms with Crippen LogP contribution in [0, 0.1) is 0 Å². The normalized spacial score (nSPS) is 16.0. The van der Waals surface area contributed by atoms with Crippen LogP contribution >= 0.6 is 0 Å². The van der Waals surface area contributed by atoms with Crippen molar-refractivity contribution in [2.75, 3.05) is 6.54 Å². The average molecular weight is 175 g/mol. The number of hydrogen-bond acceptors (Lipinski definition) is 3. The first-order chi connectivity index (χ1) is 6.40. The topological polar surface area (TPSA) is 50.4 Å². The Bertz CT molecular complexity index is 331. The second-order valence-corrected chi connectivity index (χ2v) is 3.23. The molecule has 1 aromatic rings. The van der Waals surface area contributed by atoms with Crippen molar-refractivity contribution in [2.45, 2.75) is 13.0 Å². The third-order valence-electron chi connectivity index (χ3n) is 2.34. The Morgan fingerprint density at radius 3 is 3.15 bits per heavy atom. The van der Waals surface area contributed by atoms with E-state index in [1.807, 2.05) is 6.07 Å². The Labute approximate surface area is 77.6 Å². The SMILES string of the molecule is NN=Cc1ccc2c(c1)CCNC2. The highest BCUT2D eigenvalue weighted by Gasteiger charge is 2.07. The molecule has 0 aromatic heterocycles. The molecular formula is C10H13N3. The summed E-state index contributed by atoms with van der Waals surface area (Å²) >= 11 is 0. The number of nitrogens with zero attached hydrogens (tertiary/aromatic N) is 1. The van der Waals surface area contributed by atoms with E-state index in [0.717, 1.165) is 25.1 Å². The molecule has 0 atom stereocenters. The maximum absolute atomic E-state index is 5.09. The monoisotopic (exact) mass is 175 g/mol. The minimum atomic E-state index is 0.982. The van der Waals surface area contributed by atoms with Gasteiger partial charge in [-0.15, -0.1) is 0 Å². The van der Waals surface area contributed by atoms with Gasteiger partial charge in [0.2, 0.25) is 0 Å². The zero-order valence-electron chi connectivity index (χ0n) is 7.46. The standard InChI is InChI=1S/C10H13N3/c11-13-6-8-1-2-10-7-12-4-3-9(10)5-8/h1-2,5-6,12H,3-4,7,11H2. The fraction of sp³-hybridized carbons (Fsp3) is 0.300. The van der Waals surface area contributed by atoms with E-state index >= 15 is 0 Å². The minimum absolute atomic E-state index is 0.982. The molecule has 68 valence electrons. The van der Waals surface area contributed by atoms with Crippen molar-refractivity contribution in [3.8, 4) is 0 Å². The molecule has 1 heterocycles. The van der Waals surface area contributed by atoms with Crippen LogP contribution in [0.15, 0.2) is 23.3 Å². The molecular weight excluding hydrogens is 162 g/mol. The van der Waals surface area contributed by atoms with Crippen molar-refractivity contribution in [3.05, 3.63) is 34.9 Å². The smallest absolute Gasteiger partial charge is 0.0538 e. The van der Waals surface area contributed by atoms with Crippen LogP contribution in [0.5, 0.6) is 0 Å². The van der Waals surface area contributed by atoms with E-state index in [0.29, 0.717) is 0 Å². The van der Waals surface area contributed by atoms with Crippen molar-refractivity contribution in [1.29, 1.82) is 0 Å². The number of fused-ring (bicyclic) bond motifs is 1. The maximum Gasteiger partial charge on any atom is 0.0538 e. The molecule has 0 fully saturated rings. The Kier molecular flexibility index (Phi) is 2.27. The lowest BCUT2D eigenvalue weighted by Crippen LogP contribution is -2.23. The van der Waals surface area contributed by atoms with Gasteiger partial charge in [-0.25, -0.2) is 0 Å². The predicted octanol–water partition coefficient (Wildman–Crippen LogP) is 0.625. The molecule has 0 saturated heterocycles. The third-order valence-corrected chi connectivity index (χ3v) is 2.34. The van der Waals surface area contributed by atoms with E-state index < -0.39 is 0 Å². The lowest BCUT2D eigenvalue weighted by molar-refractivity contribution is 0.644. The molecule has 0 saturated carbocycles. The molecule has 0 spiro atoms. The number of hydrazone groups is 1. The summed E-state index contributed by atoms with van der Waals surface area (Å²) in [5.74, 6) is 5.09. The van der Waals surface area contributed by atoms with Gasteiger partial charge in [0.1, 0.15) is 0 Å². The molecule has 13 heavy (non-hydrogen) atoms. The van der Waals surface area contributed by atoms with E-state index in [1.165, 1.54) is 11.1 Å². The van der Waals surface area contributed by atoms with Crippen molar-refractivity contribution in [3.63, 3.8) is 0 Å². The van der Waals surface area contributed by atoms with Crippen LogP contribution in [0.25, 0.3) is 0 Å². The number of hydrogen-bond donors (Lipinski definition) is 2. The highest BCUT2D eigenvalue weighted by Crippen LogP contribution is 2.14. The van der Waals surface area contributed by atoms with E-state index in [4.69, 9.17) is 5.84 Å². The van der Waals surface area contributed by atoms with Crippen molar-refractivity contribution in [2.24, 2.45) is 10.9 Å². The van der Waals surface area contributed by atoms with Crippen LogP contribution in [-0.2, 0) is 13.0 Å². The summed E-state index contributed by atoms with van der Waals surface area (Å²) in [6, 6.07) is 6.34. The second kappa shape index (κ2) is 3.58. The molecule has 1 aliphatic heterocycles. The predicted molar refractivity (Wildman–Crippen MR) is 53.6 cm³/mol. The first kappa shape index (κ1) is 8.26. The fourth-order valence-electron chi connectivity index (χ4n) is 1.66. The molecule has 0 radical (unpaired) electrons. The summed E-state index contributed by atoms with van der Waals surface area (Å²) in [6.07, 6.45) is 2.78. The molecule has 3 heteroatoms. The molecule has 1 aromatic carbocycles.